The molecule has 18 heteroatoms. The number of hydrogen-bond acceptors (Lipinski definition) is 10. The van der Waals surface area contributed by atoms with E-state index in [0.717, 1.165) is 101 Å². The summed E-state index contributed by atoms with van der Waals surface area (Å²) >= 11 is 0. The van der Waals surface area contributed by atoms with Crippen molar-refractivity contribution in [2.75, 3.05) is 66.5 Å². The lowest BCUT2D eigenvalue weighted by Gasteiger charge is -2.37. The minimum absolute atomic E-state index is 0.0524. The van der Waals surface area contributed by atoms with Crippen molar-refractivity contribution in [3.05, 3.63) is 71.8 Å². The second-order valence-electron chi connectivity index (χ2n) is 23.6. The summed E-state index contributed by atoms with van der Waals surface area (Å²) in [5, 5.41) is 18.1. The molecule has 5 fully saturated rings. The fourth-order valence-corrected chi connectivity index (χ4v) is 12.9. The van der Waals surface area contributed by atoms with Gasteiger partial charge in [-0.3, -0.25) is 38.4 Å². The third kappa shape index (κ3) is 17.6. The lowest BCUT2D eigenvalue weighted by molar-refractivity contribution is -0.141. The summed E-state index contributed by atoms with van der Waals surface area (Å²) in [5.41, 5.74) is 2.15. The Morgan fingerprint density at radius 2 is 0.850 bits per heavy atom. The summed E-state index contributed by atoms with van der Waals surface area (Å²) < 4.78 is 0. The van der Waals surface area contributed by atoms with E-state index in [2.05, 4.69) is 31.9 Å². The van der Waals surface area contributed by atoms with Crippen LogP contribution in [0.5, 0.6) is 0 Å². The van der Waals surface area contributed by atoms with Crippen molar-refractivity contribution in [3.63, 3.8) is 0 Å². The number of nitrogens with zero attached hydrogens (tertiary/aromatic N) is 4. The molecule has 0 radical (unpaired) electrons. The Labute approximate surface area is 475 Å². The van der Waals surface area contributed by atoms with Crippen molar-refractivity contribution in [2.24, 2.45) is 23.7 Å². The van der Waals surface area contributed by atoms with E-state index in [-0.39, 0.29) is 96.1 Å². The largest absolute Gasteiger partial charge is 0.347 e. The first kappa shape index (κ1) is 61.7. The fourth-order valence-electron chi connectivity index (χ4n) is 12.9. The Morgan fingerprint density at radius 1 is 0.487 bits per heavy atom. The van der Waals surface area contributed by atoms with Crippen molar-refractivity contribution in [3.8, 4) is 0 Å². The zero-order valence-electron chi connectivity index (χ0n) is 48.4. The second kappa shape index (κ2) is 31.4. The normalized spacial score (nSPS) is 22.3. The molecule has 0 aromatic heterocycles. The van der Waals surface area contributed by atoms with E-state index >= 15 is 0 Å². The topological polar surface area (TPSA) is 222 Å². The minimum atomic E-state index is -0.630. The molecule has 2 saturated heterocycles. The highest BCUT2D eigenvalue weighted by atomic mass is 16.2. The monoisotopic (exact) mass is 1110 g/mol. The average Bonchev–Trinajstić information content (AvgIpc) is 4.19. The number of carbonyl (C=O) groups is 8. The number of likely N-dealkylation sites (tertiary alicyclic amines) is 2. The summed E-state index contributed by atoms with van der Waals surface area (Å²) in [6.07, 6.45) is 15.9. The van der Waals surface area contributed by atoms with Gasteiger partial charge in [0.05, 0.1) is 25.2 Å². The molecular weight excluding hydrogens is 1010 g/mol. The lowest BCUT2D eigenvalue weighted by atomic mass is 9.81. The van der Waals surface area contributed by atoms with Gasteiger partial charge in [-0.2, -0.15) is 0 Å². The van der Waals surface area contributed by atoms with Crippen LogP contribution in [0.3, 0.4) is 0 Å². The average molecular weight is 1110 g/mol. The van der Waals surface area contributed by atoms with Crippen LogP contribution in [0, 0.1) is 23.7 Å². The summed E-state index contributed by atoms with van der Waals surface area (Å²) in [6, 6.07) is 17.2. The fraction of sp³-hybridized carbons (Fsp3) is 0.677. The maximum absolute atomic E-state index is 14.5. The van der Waals surface area contributed by atoms with Gasteiger partial charge < -0.3 is 51.5 Å². The zero-order valence-corrected chi connectivity index (χ0v) is 48.4. The predicted molar refractivity (Wildman–Crippen MR) is 308 cm³/mol. The van der Waals surface area contributed by atoms with Gasteiger partial charge >= 0.3 is 0 Å². The molecule has 3 aliphatic carbocycles. The molecule has 2 aromatic carbocycles. The molecule has 0 unspecified atom stereocenters. The quantitative estimate of drug-likeness (QED) is 0.0775. The molecule has 2 heterocycles. The van der Waals surface area contributed by atoms with Crippen molar-refractivity contribution in [1.29, 1.82) is 0 Å². The Hall–Kier alpha value is -5.88. The minimum Gasteiger partial charge on any atom is -0.347 e. The molecule has 5 aliphatic rings. The summed E-state index contributed by atoms with van der Waals surface area (Å²) in [7, 11) is 3.46. The number of benzene rings is 2. The number of carbonyl (C=O) groups excluding carboxylic acids is 8. The van der Waals surface area contributed by atoms with E-state index in [4.69, 9.17) is 0 Å². The van der Waals surface area contributed by atoms with Crippen LogP contribution in [0.2, 0.25) is 0 Å². The molecule has 3 saturated carbocycles. The number of likely N-dealkylation sites (N-methyl/N-ethyl adjacent to an activating group) is 2. The van der Waals surface area contributed by atoms with Crippen LogP contribution < -0.4 is 31.9 Å². The highest BCUT2D eigenvalue weighted by molar-refractivity contribution is 5.92. The summed E-state index contributed by atoms with van der Waals surface area (Å²) in [6.45, 7) is 5.73. The first-order chi connectivity index (χ1) is 38.7. The number of hydrogen-bond donors (Lipinski definition) is 6. The standard InChI is InChI=1S/C62H94N10O8/c1-43(63-3)57(75)67-55(47-23-13-7-14-24-47)61(79)71-35-17-27-51(71)41-69(37-33-45-19-9-5-10-20-45)53(73)39-65-59(77)49-29-31-50(32-30-49)60(78)66-40-54(74)70(38-34-46-21-11-6-12-22-46)42-52-28-18-36-72(52)62(80)56(48-25-15-8-16-26-48)68-58(76)44(2)64-4/h5-6,9-12,19-22,43-44,47-52,55-56,63-64H,7-8,13-18,23-42H2,1-4H3,(H,65,77)(H,66,78)(H,67,75)(H,68,76)/t43-,44-,49?,50?,51-,52-,55-,56-/m0/s1. The van der Waals surface area contributed by atoms with Crippen molar-refractivity contribution >= 4 is 47.3 Å². The second-order valence-corrected chi connectivity index (χ2v) is 23.6. The lowest BCUT2D eigenvalue weighted by Crippen LogP contribution is -2.58. The van der Waals surface area contributed by atoms with Crippen molar-refractivity contribution in [1.82, 2.24) is 51.5 Å². The van der Waals surface area contributed by atoms with E-state index in [1.807, 2.05) is 70.5 Å². The van der Waals surface area contributed by atoms with E-state index in [1.165, 1.54) is 0 Å². The van der Waals surface area contributed by atoms with Crippen LogP contribution in [0.4, 0.5) is 0 Å². The van der Waals surface area contributed by atoms with Gasteiger partial charge in [0, 0.05) is 63.2 Å². The number of rotatable bonds is 26. The van der Waals surface area contributed by atoms with E-state index in [9.17, 15) is 38.4 Å². The van der Waals surface area contributed by atoms with Crippen LogP contribution in [-0.4, -0.2) is 170 Å². The first-order valence-electron chi connectivity index (χ1n) is 30.5. The molecular formula is C62H94N10O8. The maximum atomic E-state index is 14.5. The van der Waals surface area contributed by atoms with Gasteiger partial charge in [0.25, 0.3) is 0 Å². The summed E-state index contributed by atoms with van der Waals surface area (Å²) in [5.74, 6) is -2.16. The van der Waals surface area contributed by atoms with Crippen LogP contribution in [0.25, 0.3) is 0 Å². The molecule has 440 valence electrons. The molecule has 2 aliphatic heterocycles. The molecule has 7 rings (SSSR count). The maximum Gasteiger partial charge on any atom is 0.245 e. The van der Waals surface area contributed by atoms with Crippen molar-refractivity contribution < 1.29 is 38.4 Å². The van der Waals surface area contributed by atoms with Gasteiger partial charge in [-0.1, -0.05) is 99.2 Å². The van der Waals surface area contributed by atoms with Crippen LogP contribution >= 0.6 is 0 Å². The van der Waals surface area contributed by atoms with Gasteiger partial charge in [0.15, 0.2) is 0 Å². The molecule has 18 nitrogen and oxygen atoms in total. The Kier molecular flexibility index (Phi) is 24.2. The van der Waals surface area contributed by atoms with Gasteiger partial charge in [-0.05, 0) is 141 Å². The third-order valence-electron chi connectivity index (χ3n) is 18.2. The smallest absolute Gasteiger partial charge is 0.245 e. The Balaban J connectivity index is 0.922. The third-order valence-corrected chi connectivity index (χ3v) is 18.2. The molecule has 0 spiro atoms. The van der Waals surface area contributed by atoms with E-state index in [0.29, 0.717) is 77.8 Å². The Morgan fingerprint density at radius 3 is 1.20 bits per heavy atom. The van der Waals surface area contributed by atoms with Crippen molar-refractivity contribution in [2.45, 2.75) is 179 Å². The predicted octanol–water partition coefficient (Wildman–Crippen LogP) is 4.50. The van der Waals surface area contributed by atoms with E-state index in [1.54, 1.807) is 37.7 Å². The van der Waals surface area contributed by atoms with Gasteiger partial charge in [0.1, 0.15) is 12.1 Å². The molecule has 80 heavy (non-hydrogen) atoms. The van der Waals surface area contributed by atoms with Gasteiger partial charge in [0.2, 0.25) is 47.3 Å². The summed E-state index contributed by atoms with van der Waals surface area (Å²) in [4.78, 5) is 119. The van der Waals surface area contributed by atoms with Crippen LogP contribution in [-0.2, 0) is 51.2 Å². The van der Waals surface area contributed by atoms with Crippen LogP contribution in [0.1, 0.15) is 141 Å². The highest BCUT2D eigenvalue weighted by Gasteiger charge is 2.42. The molecule has 8 amide bonds. The van der Waals surface area contributed by atoms with Gasteiger partial charge in [-0.15, -0.1) is 0 Å². The van der Waals surface area contributed by atoms with Crippen LogP contribution in [0.15, 0.2) is 60.7 Å². The number of amides is 8. The number of nitrogens with one attached hydrogen (secondary N) is 6. The Bertz CT molecular complexity index is 2180. The molecule has 6 atom stereocenters. The molecule has 2 aromatic rings. The van der Waals surface area contributed by atoms with Gasteiger partial charge in [-0.25, -0.2) is 0 Å². The first-order valence-corrected chi connectivity index (χ1v) is 30.5. The zero-order chi connectivity index (χ0) is 57.0. The highest BCUT2D eigenvalue weighted by Crippen LogP contribution is 2.33. The SMILES string of the molecule is CN[C@@H](C)C(=O)N[C@H](C(=O)N1CCC[C@H]1CN(CCc1ccccc1)C(=O)CNC(=O)C1CCC(C(=O)NCC(=O)N(CCc2ccccc2)C[C@@H]2CCCN2C(=O)[C@@H](NC(=O)[C@H](C)NC)C2CCCCC2)CC1)C1CCCCC1. The van der Waals surface area contributed by atoms with E-state index < -0.39 is 24.2 Å². The molecule has 6 N–H and O–H groups in total. The molecule has 0 bridgehead atoms.